The number of hydrogen-bond acceptors (Lipinski definition) is 2. The van der Waals surface area contributed by atoms with Gasteiger partial charge in [0.25, 0.3) is 5.91 Å². The topological polar surface area (TPSA) is 55.1 Å². The molecule has 3 nitrogen and oxygen atoms in total. The lowest BCUT2D eigenvalue weighted by molar-refractivity contribution is 0.0946. The summed E-state index contributed by atoms with van der Waals surface area (Å²) in [5, 5.41) is 2.95. The van der Waals surface area contributed by atoms with Gasteiger partial charge in [-0.2, -0.15) is 0 Å². The molecule has 0 aliphatic carbocycles. The molecule has 0 aliphatic heterocycles. The van der Waals surface area contributed by atoms with Gasteiger partial charge >= 0.3 is 0 Å². The van der Waals surface area contributed by atoms with Crippen LogP contribution in [0, 0.1) is 12.8 Å². The van der Waals surface area contributed by atoms with Gasteiger partial charge in [-0.05, 0) is 30.5 Å². The number of nitrogen functional groups attached to an aromatic ring is 1. The summed E-state index contributed by atoms with van der Waals surface area (Å²) in [5.41, 5.74) is 8.09. The van der Waals surface area contributed by atoms with Gasteiger partial charge in [0.15, 0.2) is 0 Å². The maximum Gasteiger partial charge on any atom is 0.251 e. The van der Waals surface area contributed by atoms with Crippen molar-refractivity contribution < 1.29 is 4.79 Å². The number of benzene rings is 1. The molecule has 0 aromatic heterocycles. The minimum atomic E-state index is -0.0383. The molecule has 0 saturated heterocycles. The number of hydrogen-bond donors (Lipinski definition) is 2. The van der Waals surface area contributed by atoms with Crippen LogP contribution in [0.15, 0.2) is 18.2 Å². The summed E-state index contributed by atoms with van der Waals surface area (Å²) < 4.78 is 0. The Kier molecular flexibility index (Phi) is 5.01. The van der Waals surface area contributed by atoms with E-state index >= 15 is 0 Å². The SMILES string of the molecule is CCC(CC)CNC(=O)c1ccc(C)c(N)c1. The fraction of sp³-hybridized carbons (Fsp3) is 0.500. The second-order valence-corrected chi connectivity index (χ2v) is 4.46. The van der Waals surface area contributed by atoms with Gasteiger partial charge in [-0.3, -0.25) is 4.79 Å². The lowest BCUT2D eigenvalue weighted by atomic mass is 10.0. The molecular weight excluding hydrogens is 212 g/mol. The van der Waals surface area contributed by atoms with Crippen molar-refractivity contribution in [3.05, 3.63) is 29.3 Å². The average Bonchev–Trinajstić information content (AvgIpc) is 2.33. The smallest absolute Gasteiger partial charge is 0.251 e. The minimum Gasteiger partial charge on any atom is -0.398 e. The van der Waals surface area contributed by atoms with E-state index in [1.54, 1.807) is 6.07 Å². The lowest BCUT2D eigenvalue weighted by Crippen LogP contribution is -2.28. The molecule has 1 aromatic rings. The molecule has 0 unspecified atom stereocenters. The van der Waals surface area contributed by atoms with Crippen LogP contribution in [0.1, 0.15) is 42.6 Å². The largest absolute Gasteiger partial charge is 0.398 e. The third-order valence-electron chi connectivity index (χ3n) is 3.25. The van der Waals surface area contributed by atoms with Crippen molar-refractivity contribution in [3.8, 4) is 0 Å². The molecule has 1 aromatic carbocycles. The Balaban J connectivity index is 2.61. The fourth-order valence-corrected chi connectivity index (χ4v) is 1.70. The van der Waals surface area contributed by atoms with Gasteiger partial charge in [0.2, 0.25) is 0 Å². The molecule has 0 atom stereocenters. The van der Waals surface area contributed by atoms with Crippen LogP contribution < -0.4 is 11.1 Å². The number of nitrogens with one attached hydrogen (secondary N) is 1. The van der Waals surface area contributed by atoms with Crippen molar-refractivity contribution in [1.82, 2.24) is 5.32 Å². The molecule has 1 rings (SSSR count). The van der Waals surface area contributed by atoms with Gasteiger partial charge in [-0.1, -0.05) is 32.8 Å². The molecule has 0 spiro atoms. The summed E-state index contributed by atoms with van der Waals surface area (Å²) in [7, 11) is 0. The number of anilines is 1. The zero-order chi connectivity index (χ0) is 12.8. The standard InChI is InChI=1S/C14H22N2O/c1-4-11(5-2)9-16-14(17)12-7-6-10(3)13(15)8-12/h6-8,11H,4-5,9,15H2,1-3H3,(H,16,17). The lowest BCUT2D eigenvalue weighted by Gasteiger charge is -2.13. The molecular formula is C14H22N2O. The van der Waals surface area contributed by atoms with Crippen molar-refractivity contribution in [2.24, 2.45) is 5.92 Å². The Bertz CT molecular complexity index is 384. The number of carbonyl (C=O) groups excluding carboxylic acids is 1. The summed E-state index contributed by atoms with van der Waals surface area (Å²) in [4.78, 5) is 11.9. The second-order valence-electron chi connectivity index (χ2n) is 4.46. The van der Waals surface area contributed by atoms with E-state index in [4.69, 9.17) is 5.73 Å². The van der Waals surface area contributed by atoms with Crippen molar-refractivity contribution in [1.29, 1.82) is 0 Å². The highest BCUT2D eigenvalue weighted by Crippen LogP contribution is 2.13. The van der Waals surface area contributed by atoms with E-state index in [9.17, 15) is 4.79 Å². The Labute approximate surface area is 103 Å². The van der Waals surface area contributed by atoms with Crippen LogP contribution >= 0.6 is 0 Å². The molecule has 0 fully saturated rings. The summed E-state index contributed by atoms with van der Waals surface area (Å²) in [6.45, 7) is 6.95. The maximum atomic E-state index is 11.9. The quantitative estimate of drug-likeness (QED) is 0.770. The number of carbonyl (C=O) groups is 1. The normalized spacial score (nSPS) is 10.6. The van der Waals surface area contributed by atoms with E-state index in [2.05, 4.69) is 19.2 Å². The van der Waals surface area contributed by atoms with Crippen LogP contribution in [0.2, 0.25) is 0 Å². The predicted molar refractivity (Wildman–Crippen MR) is 72.0 cm³/mol. The van der Waals surface area contributed by atoms with E-state index < -0.39 is 0 Å². The molecule has 0 saturated carbocycles. The molecule has 3 heteroatoms. The monoisotopic (exact) mass is 234 g/mol. The van der Waals surface area contributed by atoms with Crippen LogP contribution in [0.3, 0.4) is 0 Å². The van der Waals surface area contributed by atoms with Gasteiger partial charge in [0.1, 0.15) is 0 Å². The molecule has 17 heavy (non-hydrogen) atoms. The fourth-order valence-electron chi connectivity index (χ4n) is 1.70. The van der Waals surface area contributed by atoms with Gasteiger partial charge in [0, 0.05) is 17.8 Å². The predicted octanol–water partition coefficient (Wildman–Crippen LogP) is 2.74. The first kappa shape index (κ1) is 13.6. The Hall–Kier alpha value is -1.51. The van der Waals surface area contributed by atoms with Crippen molar-refractivity contribution in [3.63, 3.8) is 0 Å². The third-order valence-corrected chi connectivity index (χ3v) is 3.25. The second kappa shape index (κ2) is 6.28. The zero-order valence-electron chi connectivity index (χ0n) is 10.9. The van der Waals surface area contributed by atoms with Crippen molar-refractivity contribution >= 4 is 11.6 Å². The van der Waals surface area contributed by atoms with E-state index in [0.29, 0.717) is 17.2 Å². The first-order valence-electron chi connectivity index (χ1n) is 6.22. The van der Waals surface area contributed by atoms with Crippen LogP contribution in [0.5, 0.6) is 0 Å². The Morgan fingerprint density at radius 3 is 2.53 bits per heavy atom. The summed E-state index contributed by atoms with van der Waals surface area (Å²) >= 11 is 0. The van der Waals surface area contributed by atoms with Gasteiger partial charge < -0.3 is 11.1 Å². The summed E-state index contributed by atoms with van der Waals surface area (Å²) in [6, 6.07) is 5.42. The van der Waals surface area contributed by atoms with Gasteiger partial charge in [-0.15, -0.1) is 0 Å². The molecule has 94 valence electrons. The molecule has 0 heterocycles. The van der Waals surface area contributed by atoms with Crippen LogP contribution in [-0.2, 0) is 0 Å². The summed E-state index contributed by atoms with van der Waals surface area (Å²) in [5.74, 6) is 0.519. The minimum absolute atomic E-state index is 0.0383. The Morgan fingerprint density at radius 2 is 2.00 bits per heavy atom. The van der Waals surface area contributed by atoms with Gasteiger partial charge in [-0.25, -0.2) is 0 Å². The van der Waals surface area contributed by atoms with E-state index in [1.165, 1.54) is 0 Å². The summed E-state index contributed by atoms with van der Waals surface area (Å²) in [6.07, 6.45) is 2.18. The first-order chi connectivity index (χ1) is 8.08. The zero-order valence-corrected chi connectivity index (χ0v) is 10.9. The molecule has 0 bridgehead atoms. The van der Waals surface area contributed by atoms with Crippen molar-refractivity contribution in [2.75, 3.05) is 12.3 Å². The van der Waals surface area contributed by atoms with Crippen LogP contribution in [0.25, 0.3) is 0 Å². The number of amides is 1. The third kappa shape index (κ3) is 3.77. The number of rotatable bonds is 5. The van der Waals surface area contributed by atoms with E-state index in [1.807, 2.05) is 19.1 Å². The highest BCUT2D eigenvalue weighted by Gasteiger charge is 2.09. The van der Waals surface area contributed by atoms with Crippen LogP contribution in [0.4, 0.5) is 5.69 Å². The van der Waals surface area contributed by atoms with E-state index in [0.717, 1.165) is 24.9 Å². The molecule has 3 N–H and O–H groups in total. The number of aryl methyl sites for hydroxylation is 1. The van der Waals surface area contributed by atoms with Gasteiger partial charge in [0.05, 0.1) is 0 Å². The molecule has 1 amide bonds. The van der Waals surface area contributed by atoms with Crippen molar-refractivity contribution in [2.45, 2.75) is 33.6 Å². The highest BCUT2D eigenvalue weighted by atomic mass is 16.1. The van der Waals surface area contributed by atoms with Crippen LogP contribution in [-0.4, -0.2) is 12.5 Å². The molecule has 0 radical (unpaired) electrons. The van der Waals surface area contributed by atoms with E-state index in [-0.39, 0.29) is 5.91 Å². The number of nitrogens with two attached hydrogens (primary N) is 1. The Morgan fingerprint density at radius 1 is 1.35 bits per heavy atom. The maximum absolute atomic E-state index is 11.9. The first-order valence-corrected chi connectivity index (χ1v) is 6.22. The highest BCUT2D eigenvalue weighted by molar-refractivity contribution is 5.95. The average molecular weight is 234 g/mol. The molecule has 0 aliphatic rings.